The Balaban J connectivity index is 0.00000312. The van der Waals surface area contributed by atoms with E-state index in [1.54, 1.807) is 12.1 Å². The van der Waals surface area contributed by atoms with E-state index in [2.05, 4.69) is 27.6 Å². The minimum atomic E-state index is -0.356. The number of carbonyl (C=O) groups excluding carboxylic acids is 1. The van der Waals surface area contributed by atoms with Gasteiger partial charge in [-0.05, 0) is 31.2 Å². The van der Waals surface area contributed by atoms with Gasteiger partial charge in [0.05, 0.1) is 5.69 Å². The maximum Gasteiger partial charge on any atom is 0.291 e. The molecular formula is C17H25ClFN5O. The summed E-state index contributed by atoms with van der Waals surface area (Å²) in [5, 5.41) is 10.3. The third-order valence-corrected chi connectivity index (χ3v) is 3.42. The number of halogens is 2. The molecule has 138 valence electrons. The third-order valence-electron chi connectivity index (χ3n) is 3.42. The zero-order valence-electron chi connectivity index (χ0n) is 14.8. The zero-order chi connectivity index (χ0) is 17.5. The number of nitrogens with zero attached hydrogens (tertiary/aromatic N) is 3. The average molecular weight is 370 g/mol. The Morgan fingerprint density at radius 1 is 1.28 bits per heavy atom. The van der Waals surface area contributed by atoms with Crippen molar-refractivity contribution < 1.29 is 9.18 Å². The van der Waals surface area contributed by atoms with Crippen molar-refractivity contribution in [1.29, 1.82) is 0 Å². The largest absolute Gasteiger partial charge is 0.348 e. The monoisotopic (exact) mass is 369 g/mol. The van der Waals surface area contributed by atoms with Crippen LogP contribution in [0.25, 0.3) is 5.69 Å². The molecule has 25 heavy (non-hydrogen) atoms. The molecule has 1 aromatic carbocycles. The molecule has 8 heteroatoms. The number of amides is 1. The molecular weight excluding hydrogens is 345 g/mol. The molecule has 2 aromatic rings. The number of carbonyl (C=O) groups is 1. The van der Waals surface area contributed by atoms with E-state index in [0.717, 1.165) is 13.0 Å². The lowest BCUT2D eigenvalue weighted by molar-refractivity contribution is 0.0943. The third kappa shape index (κ3) is 5.79. The summed E-state index contributed by atoms with van der Waals surface area (Å²) in [5.41, 5.74) is 0.551. The Hall–Kier alpha value is -1.99. The van der Waals surface area contributed by atoms with Crippen LogP contribution in [0.4, 0.5) is 4.39 Å². The lowest BCUT2D eigenvalue weighted by atomic mass is 10.2. The maximum atomic E-state index is 13.5. The Morgan fingerprint density at radius 2 is 2.04 bits per heavy atom. The van der Waals surface area contributed by atoms with Gasteiger partial charge in [-0.3, -0.25) is 4.79 Å². The zero-order valence-corrected chi connectivity index (χ0v) is 15.6. The molecule has 1 aromatic heterocycles. The molecule has 0 saturated heterocycles. The van der Waals surface area contributed by atoms with Gasteiger partial charge < -0.3 is 10.6 Å². The van der Waals surface area contributed by atoms with E-state index in [4.69, 9.17) is 0 Å². The fourth-order valence-electron chi connectivity index (χ4n) is 2.24. The molecule has 0 saturated carbocycles. The van der Waals surface area contributed by atoms with Crippen molar-refractivity contribution in [3.63, 3.8) is 0 Å². The van der Waals surface area contributed by atoms with Gasteiger partial charge in [0.1, 0.15) is 11.6 Å². The Bertz CT molecular complexity index is 689. The van der Waals surface area contributed by atoms with Gasteiger partial charge in [-0.1, -0.05) is 26.8 Å². The highest BCUT2D eigenvalue weighted by atomic mass is 35.5. The molecule has 0 radical (unpaired) electrons. The number of rotatable bonds is 8. The quantitative estimate of drug-likeness (QED) is 0.702. The molecule has 6 nitrogen and oxygen atoms in total. The van der Waals surface area contributed by atoms with Crippen LogP contribution in [0, 0.1) is 5.82 Å². The molecule has 2 N–H and O–H groups in total. The highest BCUT2D eigenvalue weighted by Crippen LogP contribution is 2.18. The topological polar surface area (TPSA) is 71.8 Å². The molecule has 0 unspecified atom stereocenters. The minimum Gasteiger partial charge on any atom is -0.348 e. The van der Waals surface area contributed by atoms with Crippen molar-refractivity contribution in [3.05, 3.63) is 41.7 Å². The van der Waals surface area contributed by atoms with Crippen molar-refractivity contribution >= 4 is 18.3 Å². The molecule has 1 amide bonds. The number of nitrogens with one attached hydrogen (secondary N) is 2. The molecule has 0 fully saturated rings. The molecule has 0 atom stereocenters. The van der Waals surface area contributed by atoms with Crippen LogP contribution >= 0.6 is 12.4 Å². The maximum absolute atomic E-state index is 13.5. The van der Waals surface area contributed by atoms with Gasteiger partial charge in [0, 0.05) is 19.0 Å². The molecule has 2 rings (SSSR count). The van der Waals surface area contributed by atoms with E-state index in [0.29, 0.717) is 24.6 Å². The number of hydrogen-bond acceptors (Lipinski definition) is 4. The highest BCUT2D eigenvalue weighted by Gasteiger charge is 2.19. The van der Waals surface area contributed by atoms with Crippen LogP contribution in [0.15, 0.2) is 24.3 Å². The van der Waals surface area contributed by atoms with Gasteiger partial charge in [-0.25, -0.2) is 14.1 Å². The summed E-state index contributed by atoms with van der Waals surface area (Å²) < 4.78 is 15.0. The van der Waals surface area contributed by atoms with Gasteiger partial charge in [0.15, 0.2) is 0 Å². The normalized spacial score (nSPS) is 10.6. The summed E-state index contributed by atoms with van der Waals surface area (Å²) in [4.78, 5) is 16.5. The second-order valence-electron chi connectivity index (χ2n) is 5.85. The summed E-state index contributed by atoms with van der Waals surface area (Å²) in [6.45, 7) is 8.11. The van der Waals surface area contributed by atoms with Crippen LogP contribution in [0.1, 0.15) is 49.6 Å². The number of hydrogen-bond donors (Lipinski definition) is 2. The summed E-state index contributed by atoms with van der Waals surface area (Å²) in [6.07, 6.45) is 1.05. The van der Waals surface area contributed by atoms with Crippen LogP contribution in [0.5, 0.6) is 0 Å². The number of benzene rings is 1. The van der Waals surface area contributed by atoms with Crippen LogP contribution in [-0.2, 0) is 0 Å². The van der Waals surface area contributed by atoms with E-state index in [1.807, 2.05) is 13.8 Å². The highest BCUT2D eigenvalue weighted by molar-refractivity contribution is 5.90. The SMILES string of the molecule is CCCNCCNC(=O)c1nc(C(C)C)n(-c2cccc(F)c2)n1.Cl. The van der Waals surface area contributed by atoms with E-state index < -0.39 is 0 Å². The van der Waals surface area contributed by atoms with Gasteiger partial charge >= 0.3 is 0 Å². The summed E-state index contributed by atoms with van der Waals surface area (Å²) in [6, 6.07) is 6.08. The predicted octanol–water partition coefficient (Wildman–Crippen LogP) is 2.68. The molecule has 0 aliphatic rings. The molecule has 0 aliphatic heterocycles. The predicted molar refractivity (Wildman–Crippen MR) is 98.1 cm³/mol. The second-order valence-corrected chi connectivity index (χ2v) is 5.85. The summed E-state index contributed by atoms with van der Waals surface area (Å²) in [7, 11) is 0. The van der Waals surface area contributed by atoms with Crippen LogP contribution in [0.2, 0.25) is 0 Å². The first-order valence-corrected chi connectivity index (χ1v) is 8.24. The molecule has 0 bridgehead atoms. The van der Waals surface area contributed by atoms with Crippen LogP contribution < -0.4 is 10.6 Å². The van der Waals surface area contributed by atoms with E-state index in [-0.39, 0.29) is 35.9 Å². The van der Waals surface area contributed by atoms with Crippen molar-refractivity contribution in [1.82, 2.24) is 25.4 Å². The first kappa shape index (κ1) is 21.1. The first-order chi connectivity index (χ1) is 11.5. The Labute approximate surface area is 153 Å². The van der Waals surface area contributed by atoms with Crippen LogP contribution in [-0.4, -0.2) is 40.3 Å². The fourth-order valence-corrected chi connectivity index (χ4v) is 2.24. The van der Waals surface area contributed by atoms with Crippen molar-refractivity contribution in [2.24, 2.45) is 0 Å². The van der Waals surface area contributed by atoms with E-state index in [9.17, 15) is 9.18 Å². The minimum absolute atomic E-state index is 0. The van der Waals surface area contributed by atoms with E-state index >= 15 is 0 Å². The smallest absolute Gasteiger partial charge is 0.291 e. The standard InChI is InChI=1S/C17H24FN5O.ClH/c1-4-8-19-9-10-20-17(24)15-21-16(12(2)3)23(22-15)14-7-5-6-13(18)11-14;/h5-7,11-12,19H,4,8-10H2,1-3H3,(H,20,24);1H. The average Bonchev–Trinajstić information content (AvgIpc) is 3.00. The summed E-state index contributed by atoms with van der Waals surface area (Å²) >= 11 is 0. The number of aromatic nitrogens is 3. The van der Waals surface area contributed by atoms with Gasteiger partial charge in [-0.15, -0.1) is 17.5 Å². The summed E-state index contributed by atoms with van der Waals surface area (Å²) in [5.74, 6) is 0.0814. The molecule has 0 aliphatic carbocycles. The van der Waals surface area contributed by atoms with Crippen molar-refractivity contribution in [3.8, 4) is 5.69 Å². The second kappa shape index (κ2) is 10.1. The van der Waals surface area contributed by atoms with Gasteiger partial charge in [0.25, 0.3) is 5.91 Å². The van der Waals surface area contributed by atoms with Crippen molar-refractivity contribution in [2.45, 2.75) is 33.1 Å². The fraction of sp³-hybridized carbons (Fsp3) is 0.471. The van der Waals surface area contributed by atoms with Gasteiger partial charge in [0.2, 0.25) is 5.82 Å². The van der Waals surface area contributed by atoms with Crippen molar-refractivity contribution in [2.75, 3.05) is 19.6 Å². The lowest BCUT2D eigenvalue weighted by Gasteiger charge is -2.07. The Morgan fingerprint density at radius 3 is 2.68 bits per heavy atom. The first-order valence-electron chi connectivity index (χ1n) is 8.24. The molecule has 1 heterocycles. The lowest BCUT2D eigenvalue weighted by Crippen LogP contribution is -2.32. The molecule has 0 spiro atoms. The Kier molecular flexibility index (Phi) is 8.51. The van der Waals surface area contributed by atoms with E-state index in [1.165, 1.54) is 16.8 Å². The van der Waals surface area contributed by atoms with Gasteiger partial charge in [-0.2, -0.15) is 0 Å². The van der Waals surface area contributed by atoms with Crippen LogP contribution in [0.3, 0.4) is 0 Å².